The van der Waals surface area contributed by atoms with Crippen molar-refractivity contribution in [2.75, 3.05) is 5.73 Å². The van der Waals surface area contributed by atoms with Crippen LogP contribution in [-0.2, 0) is 0 Å². The minimum atomic E-state index is 0.526. The third-order valence-corrected chi connectivity index (χ3v) is 1.61. The summed E-state index contributed by atoms with van der Waals surface area (Å²) in [6.45, 7) is 1.97. The second-order valence-electron chi connectivity index (χ2n) is 2.63. The molecule has 2 rings (SSSR count). The van der Waals surface area contributed by atoms with E-state index in [0.29, 0.717) is 5.82 Å². The van der Waals surface area contributed by atoms with Gasteiger partial charge in [0.25, 0.3) is 0 Å². The first kappa shape index (κ1) is 6.90. The molecule has 0 spiro atoms. The Morgan fingerprint density at radius 3 is 2.83 bits per heavy atom. The number of hydrogen-bond donors (Lipinski definition) is 2. The number of rotatable bonds is 1. The lowest BCUT2D eigenvalue weighted by Gasteiger charge is -1.95. The summed E-state index contributed by atoms with van der Waals surface area (Å²) in [7, 11) is 0. The highest BCUT2D eigenvalue weighted by Gasteiger charge is 2.03. The number of aryl methyl sites for hydroxylation is 1. The van der Waals surface area contributed by atoms with Crippen LogP contribution in [-0.4, -0.2) is 20.0 Å². The van der Waals surface area contributed by atoms with Crippen LogP contribution >= 0.6 is 0 Å². The predicted molar refractivity (Wildman–Crippen MR) is 44.9 cm³/mol. The van der Waals surface area contributed by atoms with Crippen molar-refractivity contribution in [3.05, 3.63) is 24.2 Å². The van der Waals surface area contributed by atoms with E-state index in [-0.39, 0.29) is 0 Å². The van der Waals surface area contributed by atoms with Crippen LogP contribution in [0.15, 0.2) is 18.6 Å². The van der Waals surface area contributed by atoms with Crippen LogP contribution in [0.4, 0.5) is 5.82 Å². The Morgan fingerprint density at radius 2 is 2.33 bits per heavy atom. The highest BCUT2D eigenvalue weighted by atomic mass is 15.3. The second kappa shape index (κ2) is 2.37. The molecule has 0 radical (unpaired) electrons. The van der Waals surface area contributed by atoms with Gasteiger partial charge >= 0.3 is 0 Å². The van der Waals surface area contributed by atoms with Gasteiger partial charge in [0.2, 0.25) is 0 Å². The summed E-state index contributed by atoms with van der Waals surface area (Å²) in [5.74, 6) is 0.526. The molecule has 2 aromatic rings. The maximum atomic E-state index is 5.60. The van der Waals surface area contributed by atoms with Gasteiger partial charge in [0.1, 0.15) is 11.5 Å². The van der Waals surface area contributed by atoms with Crippen LogP contribution in [0.1, 0.15) is 5.56 Å². The molecule has 62 valence electrons. The molecule has 0 bridgehead atoms. The van der Waals surface area contributed by atoms with E-state index in [1.807, 2.05) is 13.1 Å². The van der Waals surface area contributed by atoms with Crippen molar-refractivity contribution in [1.82, 2.24) is 20.0 Å². The van der Waals surface area contributed by atoms with Crippen LogP contribution in [0.5, 0.6) is 0 Å². The Balaban J connectivity index is 2.50. The minimum absolute atomic E-state index is 0.526. The molecule has 0 amide bonds. The lowest BCUT2D eigenvalue weighted by atomic mass is 10.4. The highest BCUT2D eigenvalue weighted by molar-refractivity contribution is 5.49. The summed E-state index contributed by atoms with van der Waals surface area (Å²) in [4.78, 5) is 0. The zero-order chi connectivity index (χ0) is 8.55. The zero-order valence-corrected chi connectivity index (χ0v) is 6.65. The van der Waals surface area contributed by atoms with E-state index < -0.39 is 0 Å². The molecule has 0 aromatic carbocycles. The molecule has 2 heterocycles. The van der Waals surface area contributed by atoms with E-state index in [0.717, 1.165) is 11.3 Å². The Morgan fingerprint density at radius 1 is 1.50 bits per heavy atom. The lowest BCUT2D eigenvalue weighted by molar-refractivity contribution is 0.883. The van der Waals surface area contributed by atoms with Crippen molar-refractivity contribution in [3.8, 4) is 5.69 Å². The fourth-order valence-corrected chi connectivity index (χ4v) is 1.02. The Bertz CT molecular complexity index is 386. The monoisotopic (exact) mass is 163 g/mol. The lowest BCUT2D eigenvalue weighted by Crippen LogP contribution is -1.97. The first-order valence-electron chi connectivity index (χ1n) is 3.58. The summed E-state index contributed by atoms with van der Waals surface area (Å²) in [5, 5.41) is 10.5. The van der Waals surface area contributed by atoms with Gasteiger partial charge in [-0.3, -0.25) is 5.10 Å². The van der Waals surface area contributed by atoms with E-state index in [9.17, 15) is 0 Å². The maximum absolute atomic E-state index is 5.60. The fourth-order valence-electron chi connectivity index (χ4n) is 1.02. The summed E-state index contributed by atoms with van der Waals surface area (Å²) in [6, 6.07) is 0. The van der Waals surface area contributed by atoms with E-state index in [4.69, 9.17) is 5.73 Å². The molecule has 0 aliphatic carbocycles. The van der Waals surface area contributed by atoms with Crippen molar-refractivity contribution in [2.45, 2.75) is 6.92 Å². The molecule has 0 unspecified atom stereocenters. The smallest absolute Gasteiger partial charge is 0.145 e. The van der Waals surface area contributed by atoms with Gasteiger partial charge in [-0.1, -0.05) is 0 Å². The zero-order valence-electron chi connectivity index (χ0n) is 6.65. The van der Waals surface area contributed by atoms with Gasteiger partial charge in [-0.05, 0) is 12.5 Å². The van der Waals surface area contributed by atoms with Crippen LogP contribution in [0, 0.1) is 6.92 Å². The summed E-state index contributed by atoms with van der Waals surface area (Å²) in [5.41, 5.74) is 7.48. The molecule has 0 fully saturated rings. The predicted octanol–water partition coefficient (Wildman–Crippen LogP) is 0.486. The minimum Gasteiger partial charge on any atom is -0.382 e. The van der Waals surface area contributed by atoms with E-state index >= 15 is 0 Å². The molecule has 5 heteroatoms. The number of hydrogen-bond acceptors (Lipinski definition) is 3. The van der Waals surface area contributed by atoms with Gasteiger partial charge in [0.05, 0.1) is 12.4 Å². The van der Waals surface area contributed by atoms with Crippen LogP contribution in [0.2, 0.25) is 0 Å². The molecule has 0 saturated heterocycles. The van der Waals surface area contributed by atoms with Gasteiger partial charge < -0.3 is 5.73 Å². The summed E-state index contributed by atoms with van der Waals surface area (Å²) >= 11 is 0. The van der Waals surface area contributed by atoms with Crippen molar-refractivity contribution in [3.63, 3.8) is 0 Å². The topological polar surface area (TPSA) is 72.5 Å². The number of nitrogens with one attached hydrogen (secondary N) is 1. The molecular formula is C7H9N5. The number of nitrogen functional groups attached to an aromatic ring is 1. The van der Waals surface area contributed by atoms with Crippen molar-refractivity contribution in [2.24, 2.45) is 0 Å². The maximum Gasteiger partial charge on any atom is 0.145 e. The fraction of sp³-hybridized carbons (Fsp3) is 0.143. The molecule has 0 aliphatic rings. The van der Waals surface area contributed by atoms with Gasteiger partial charge in [0, 0.05) is 6.20 Å². The second-order valence-corrected chi connectivity index (χ2v) is 2.63. The Kier molecular flexibility index (Phi) is 1.36. The highest BCUT2D eigenvalue weighted by Crippen LogP contribution is 2.11. The van der Waals surface area contributed by atoms with Crippen molar-refractivity contribution < 1.29 is 0 Å². The van der Waals surface area contributed by atoms with Gasteiger partial charge in [-0.2, -0.15) is 10.2 Å². The van der Waals surface area contributed by atoms with E-state index in [2.05, 4.69) is 15.3 Å². The summed E-state index contributed by atoms with van der Waals surface area (Å²) in [6.07, 6.45) is 5.30. The third kappa shape index (κ3) is 0.952. The largest absolute Gasteiger partial charge is 0.382 e. The molecular weight excluding hydrogens is 154 g/mol. The Hall–Kier alpha value is -1.78. The van der Waals surface area contributed by atoms with Crippen LogP contribution in [0.25, 0.3) is 5.69 Å². The average Bonchev–Trinajstić information content (AvgIpc) is 2.58. The standard InChI is InChI=1S/C7H9N5/c1-5-2-10-12(4-5)6-3-9-11-7(6)8/h2-4H,1H3,(H3,8,9,11). The molecule has 12 heavy (non-hydrogen) atoms. The number of aromatic amines is 1. The number of H-pyrrole nitrogens is 1. The van der Waals surface area contributed by atoms with Gasteiger partial charge in [-0.15, -0.1) is 0 Å². The number of nitrogens with zero attached hydrogens (tertiary/aromatic N) is 3. The molecule has 3 N–H and O–H groups in total. The number of anilines is 1. The first-order chi connectivity index (χ1) is 5.77. The SMILES string of the molecule is Cc1cnn(-c2cn[nH]c2N)c1. The molecule has 0 saturated carbocycles. The van der Waals surface area contributed by atoms with Crippen LogP contribution < -0.4 is 5.73 Å². The van der Waals surface area contributed by atoms with Gasteiger partial charge in [-0.25, -0.2) is 4.68 Å². The molecule has 5 nitrogen and oxygen atoms in total. The first-order valence-corrected chi connectivity index (χ1v) is 3.58. The quantitative estimate of drug-likeness (QED) is 0.642. The normalized spacial score (nSPS) is 10.4. The molecule has 0 atom stereocenters. The molecule has 0 aliphatic heterocycles. The van der Waals surface area contributed by atoms with E-state index in [1.165, 1.54) is 0 Å². The molecule has 2 aromatic heterocycles. The number of aromatic nitrogens is 4. The Labute approximate surface area is 69.2 Å². The average molecular weight is 163 g/mol. The van der Waals surface area contributed by atoms with Crippen molar-refractivity contribution in [1.29, 1.82) is 0 Å². The third-order valence-electron chi connectivity index (χ3n) is 1.61. The van der Waals surface area contributed by atoms with Gasteiger partial charge in [0.15, 0.2) is 0 Å². The number of nitrogens with two attached hydrogens (primary N) is 1. The van der Waals surface area contributed by atoms with Crippen molar-refractivity contribution >= 4 is 5.82 Å². The van der Waals surface area contributed by atoms with E-state index in [1.54, 1.807) is 17.1 Å². The summed E-state index contributed by atoms with van der Waals surface area (Å²) < 4.78 is 1.69. The van der Waals surface area contributed by atoms with Crippen LogP contribution in [0.3, 0.4) is 0 Å².